The average molecular weight is 238 g/mol. The molecule has 2 nitrogen and oxygen atoms in total. The van der Waals surface area contributed by atoms with E-state index >= 15 is 0 Å². The predicted octanol–water partition coefficient (Wildman–Crippen LogP) is 3.44. The maximum Gasteiger partial charge on any atom is 0.313 e. The minimum atomic E-state index is -0.169. The molecule has 1 aliphatic heterocycles. The van der Waals surface area contributed by atoms with Gasteiger partial charge in [-0.05, 0) is 41.3 Å². The summed E-state index contributed by atoms with van der Waals surface area (Å²) in [7, 11) is 0. The van der Waals surface area contributed by atoms with E-state index in [-0.39, 0.29) is 11.9 Å². The van der Waals surface area contributed by atoms with Gasteiger partial charge in [0.1, 0.15) is 6.61 Å². The summed E-state index contributed by atoms with van der Waals surface area (Å²) in [4.78, 5) is 11.6. The second kappa shape index (κ2) is 4.30. The van der Waals surface area contributed by atoms with Gasteiger partial charge in [-0.3, -0.25) is 4.79 Å². The van der Waals surface area contributed by atoms with E-state index in [0.29, 0.717) is 6.61 Å². The molecule has 0 spiro atoms. The van der Waals surface area contributed by atoms with Gasteiger partial charge in [0.05, 0.1) is 5.92 Å². The SMILES string of the molecule is CC1C(=O)OCc2cc3c(cc21)\C=C/C=C\C=C/3. The summed E-state index contributed by atoms with van der Waals surface area (Å²) in [6.07, 6.45) is 12.2. The van der Waals surface area contributed by atoms with Crippen LogP contribution in [0, 0.1) is 0 Å². The lowest BCUT2D eigenvalue weighted by molar-refractivity contribution is -0.147. The highest BCUT2D eigenvalue weighted by Crippen LogP contribution is 2.31. The first-order valence-corrected chi connectivity index (χ1v) is 6.10. The van der Waals surface area contributed by atoms with E-state index in [9.17, 15) is 4.79 Å². The van der Waals surface area contributed by atoms with Gasteiger partial charge in [0, 0.05) is 0 Å². The van der Waals surface area contributed by atoms with Crippen molar-refractivity contribution in [2.45, 2.75) is 19.4 Å². The molecule has 90 valence electrons. The second-order valence-corrected chi connectivity index (χ2v) is 4.61. The average Bonchev–Trinajstić information content (AvgIpc) is 2.34. The Labute approximate surface area is 106 Å². The van der Waals surface area contributed by atoms with Crippen molar-refractivity contribution >= 4 is 18.1 Å². The number of allylic oxidation sites excluding steroid dienone is 4. The molecule has 1 atom stereocenters. The normalized spacial score (nSPS) is 26.1. The molecule has 18 heavy (non-hydrogen) atoms. The molecule has 0 bridgehead atoms. The zero-order valence-electron chi connectivity index (χ0n) is 10.2. The van der Waals surface area contributed by atoms with Crippen LogP contribution in [0.4, 0.5) is 0 Å². The minimum Gasteiger partial charge on any atom is -0.460 e. The summed E-state index contributed by atoms with van der Waals surface area (Å²) >= 11 is 0. The van der Waals surface area contributed by atoms with Crippen LogP contribution in [-0.2, 0) is 16.1 Å². The summed E-state index contributed by atoms with van der Waals surface area (Å²) < 4.78 is 5.17. The van der Waals surface area contributed by atoms with Crippen LogP contribution in [0.3, 0.4) is 0 Å². The molecule has 1 aromatic carbocycles. The number of fused-ring (bicyclic) bond motifs is 2. The zero-order valence-corrected chi connectivity index (χ0v) is 10.2. The zero-order chi connectivity index (χ0) is 12.5. The van der Waals surface area contributed by atoms with Gasteiger partial charge >= 0.3 is 5.97 Å². The third kappa shape index (κ3) is 1.80. The van der Waals surface area contributed by atoms with Crippen LogP contribution < -0.4 is 0 Å². The van der Waals surface area contributed by atoms with E-state index in [4.69, 9.17) is 4.74 Å². The van der Waals surface area contributed by atoms with Crippen molar-refractivity contribution in [2.75, 3.05) is 0 Å². The molecule has 0 amide bonds. The fourth-order valence-corrected chi connectivity index (χ4v) is 2.36. The first kappa shape index (κ1) is 11.0. The van der Waals surface area contributed by atoms with Crippen LogP contribution in [0.25, 0.3) is 12.2 Å². The number of hydrogen-bond acceptors (Lipinski definition) is 2. The highest BCUT2D eigenvalue weighted by Gasteiger charge is 2.26. The molecule has 0 saturated carbocycles. The summed E-state index contributed by atoms with van der Waals surface area (Å²) in [5, 5.41) is 0. The lowest BCUT2D eigenvalue weighted by Crippen LogP contribution is -2.21. The van der Waals surface area contributed by atoms with Crippen molar-refractivity contribution in [1.29, 1.82) is 0 Å². The Hall–Kier alpha value is -2.09. The first-order chi connectivity index (χ1) is 8.75. The molecule has 3 rings (SSSR count). The predicted molar refractivity (Wildman–Crippen MR) is 71.9 cm³/mol. The maximum absolute atomic E-state index is 11.6. The van der Waals surface area contributed by atoms with Gasteiger partial charge < -0.3 is 4.74 Å². The summed E-state index contributed by atoms with van der Waals surface area (Å²) in [6.45, 7) is 2.29. The van der Waals surface area contributed by atoms with Crippen molar-refractivity contribution in [3.05, 3.63) is 58.7 Å². The van der Waals surface area contributed by atoms with E-state index < -0.39 is 0 Å². The van der Waals surface area contributed by atoms with Crippen molar-refractivity contribution in [3.63, 3.8) is 0 Å². The molecule has 0 N–H and O–H groups in total. The van der Waals surface area contributed by atoms with Crippen molar-refractivity contribution in [2.24, 2.45) is 0 Å². The van der Waals surface area contributed by atoms with Gasteiger partial charge in [0.15, 0.2) is 0 Å². The molecule has 2 aliphatic rings. The third-order valence-corrected chi connectivity index (χ3v) is 3.42. The highest BCUT2D eigenvalue weighted by molar-refractivity contribution is 5.81. The molecule has 0 fully saturated rings. The monoisotopic (exact) mass is 238 g/mol. The van der Waals surface area contributed by atoms with Gasteiger partial charge in [-0.2, -0.15) is 0 Å². The maximum atomic E-state index is 11.6. The second-order valence-electron chi connectivity index (χ2n) is 4.61. The Morgan fingerprint density at radius 1 is 1.06 bits per heavy atom. The van der Waals surface area contributed by atoms with Crippen LogP contribution in [0.2, 0.25) is 0 Å². The number of cyclic esters (lactones) is 1. The molecule has 0 aromatic heterocycles. The third-order valence-electron chi connectivity index (χ3n) is 3.42. The largest absolute Gasteiger partial charge is 0.460 e. The molecule has 0 saturated heterocycles. The summed E-state index contributed by atoms with van der Waals surface area (Å²) in [5.74, 6) is -0.301. The van der Waals surface area contributed by atoms with E-state index in [1.54, 1.807) is 0 Å². The highest BCUT2D eigenvalue weighted by atomic mass is 16.5. The van der Waals surface area contributed by atoms with Crippen molar-refractivity contribution < 1.29 is 9.53 Å². The minimum absolute atomic E-state index is 0.132. The fraction of sp³-hybridized carbons (Fsp3) is 0.188. The molecule has 0 radical (unpaired) electrons. The van der Waals surface area contributed by atoms with Gasteiger partial charge in [0.25, 0.3) is 0 Å². The van der Waals surface area contributed by atoms with E-state index in [1.165, 1.54) is 5.56 Å². The molecule has 1 aliphatic carbocycles. The molecule has 2 heteroatoms. The number of ether oxygens (including phenoxy) is 1. The van der Waals surface area contributed by atoms with E-state index in [2.05, 4.69) is 24.3 Å². The summed E-state index contributed by atoms with van der Waals surface area (Å²) in [5.41, 5.74) is 4.52. The Morgan fingerprint density at radius 2 is 1.72 bits per heavy atom. The van der Waals surface area contributed by atoms with Gasteiger partial charge in [-0.25, -0.2) is 0 Å². The number of carbonyl (C=O) groups is 1. The van der Waals surface area contributed by atoms with Gasteiger partial charge in [0.2, 0.25) is 0 Å². The quantitative estimate of drug-likeness (QED) is 0.647. The lowest BCUT2D eigenvalue weighted by Gasteiger charge is -2.23. The van der Waals surface area contributed by atoms with E-state index in [0.717, 1.165) is 16.7 Å². The van der Waals surface area contributed by atoms with Crippen LogP contribution in [-0.4, -0.2) is 5.97 Å². The Bertz CT molecular complexity index is 591. The molecule has 1 heterocycles. The van der Waals surface area contributed by atoms with Crippen LogP contribution in [0.15, 0.2) is 36.4 Å². The van der Waals surface area contributed by atoms with Gasteiger partial charge in [-0.15, -0.1) is 0 Å². The molecule has 1 aromatic rings. The number of hydrogen-bond donors (Lipinski definition) is 0. The molecule has 1 unspecified atom stereocenters. The summed E-state index contributed by atoms with van der Waals surface area (Å²) in [6, 6.07) is 4.23. The van der Waals surface area contributed by atoms with Crippen LogP contribution in [0.5, 0.6) is 0 Å². The van der Waals surface area contributed by atoms with Gasteiger partial charge in [-0.1, -0.05) is 36.5 Å². The standard InChI is InChI=1S/C16H14O2/c1-11-15-9-13-7-5-3-2-4-6-12(13)8-14(15)10-18-16(11)17/h2-9,11H,10H2,1H3/b3-2-,4-2?,5-3?,6-4-,7-5-,12-6?,13-7?. The smallest absolute Gasteiger partial charge is 0.313 e. The Morgan fingerprint density at radius 3 is 2.44 bits per heavy atom. The fourth-order valence-electron chi connectivity index (χ4n) is 2.36. The Balaban J connectivity index is 2.16. The topological polar surface area (TPSA) is 26.3 Å². The van der Waals surface area contributed by atoms with E-state index in [1.807, 2.05) is 31.2 Å². The van der Waals surface area contributed by atoms with Crippen LogP contribution in [0.1, 0.15) is 35.1 Å². The Kier molecular flexibility index (Phi) is 2.63. The van der Waals surface area contributed by atoms with Crippen LogP contribution >= 0.6 is 0 Å². The molecular weight excluding hydrogens is 224 g/mol. The number of esters is 1. The number of carbonyl (C=O) groups excluding carboxylic acids is 1. The number of rotatable bonds is 0. The van der Waals surface area contributed by atoms with Crippen molar-refractivity contribution in [1.82, 2.24) is 0 Å². The lowest BCUT2D eigenvalue weighted by atomic mass is 9.89. The number of benzene rings is 1. The molecular formula is C16H14O2. The first-order valence-electron chi connectivity index (χ1n) is 6.10. The van der Waals surface area contributed by atoms with Crippen molar-refractivity contribution in [3.8, 4) is 0 Å².